The molecule has 3 rings (SSSR count). The Morgan fingerprint density at radius 2 is 2.27 bits per heavy atom. The summed E-state index contributed by atoms with van der Waals surface area (Å²) in [5.74, 6) is 0.204. The van der Waals surface area contributed by atoms with Gasteiger partial charge < -0.3 is 10.6 Å². The normalized spacial score (nSPS) is 23.5. The molecular weight excluding hydrogens is 276 g/mol. The number of pyridine rings is 1. The van der Waals surface area contributed by atoms with Crippen LogP contribution < -0.4 is 10.6 Å². The van der Waals surface area contributed by atoms with Crippen molar-refractivity contribution in [2.75, 3.05) is 26.2 Å². The van der Waals surface area contributed by atoms with Gasteiger partial charge in [0.15, 0.2) is 0 Å². The number of carbonyl (C=O) groups is 1. The highest BCUT2D eigenvalue weighted by Gasteiger charge is 2.24. The van der Waals surface area contributed by atoms with Gasteiger partial charge in [-0.15, -0.1) is 0 Å². The Morgan fingerprint density at radius 1 is 1.41 bits per heavy atom. The van der Waals surface area contributed by atoms with Crippen LogP contribution in [0.1, 0.15) is 43.7 Å². The first-order valence-corrected chi connectivity index (χ1v) is 8.47. The van der Waals surface area contributed by atoms with E-state index in [1.807, 2.05) is 12.3 Å². The molecular formula is C17H26N4O. The second-order valence-electron chi connectivity index (χ2n) is 6.34. The molecule has 1 aliphatic heterocycles. The topological polar surface area (TPSA) is 57.3 Å². The van der Waals surface area contributed by atoms with Crippen LogP contribution in [0, 0.1) is 0 Å². The van der Waals surface area contributed by atoms with Crippen LogP contribution in [0.4, 0.5) is 0 Å². The van der Waals surface area contributed by atoms with Gasteiger partial charge in [0.25, 0.3) is 0 Å². The van der Waals surface area contributed by atoms with Gasteiger partial charge >= 0.3 is 0 Å². The van der Waals surface area contributed by atoms with E-state index in [-0.39, 0.29) is 5.91 Å². The fourth-order valence-electron chi connectivity index (χ4n) is 3.53. The van der Waals surface area contributed by atoms with Gasteiger partial charge in [-0.25, -0.2) is 0 Å². The summed E-state index contributed by atoms with van der Waals surface area (Å²) in [5, 5.41) is 6.62. The molecule has 0 bridgehead atoms. The molecule has 5 nitrogen and oxygen atoms in total. The highest BCUT2D eigenvalue weighted by atomic mass is 16.1. The lowest BCUT2D eigenvalue weighted by Crippen LogP contribution is -2.47. The lowest BCUT2D eigenvalue weighted by Gasteiger charge is -2.36. The fourth-order valence-corrected chi connectivity index (χ4v) is 3.53. The average Bonchev–Trinajstić information content (AvgIpc) is 3.07. The van der Waals surface area contributed by atoms with Crippen LogP contribution >= 0.6 is 0 Å². The van der Waals surface area contributed by atoms with Crippen LogP contribution in [-0.4, -0.2) is 48.0 Å². The highest BCUT2D eigenvalue weighted by molar-refractivity contribution is 5.76. The van der Waals surface area contributed by atoms with Crippen molar-refractivity contribution >= 4 is 5.91 Å². The Balaban J connectivity index is 1.52. The molecule has 1 saturated heterocycles. The molecule has 0 spiro atoms. The molecule has 22 heavy (non-hydrogen) atoms. The third kappa shape index (κ3) is 4.05. The molecule has 1 amide bonds. The quantitative estimate of drug-likeness (QED) is 0.865. The largest absolute Gasteiger partial charge is 0.353 e. The van der Waals surface area contributed by atoms with Crippen molar-refractivity contribution in [1.29, 1.82) is 0 Å². The van der Waals surface area contributed by atoms with Crippen LogP contribution in [0.5, 0.6) is 0 Å². The number of hydrogen-bond donors (Lipinski definition) is 2. The van der Waals surface area contributed by atoms with Crippen molar-refractivity contribution in [2.45, 2.75) is 44.2 Å². The number of nitrogens with one attached hydrogen (secondary N) is 2. The Kier molecular flexibility index (Phi) is 5.40. The predicted octanol–water partition coefficient (Wildman–Crippen LogP) is 1.48. The van der Waals surface area contributed by atoms with Gasteiger partial charge in [0, 0.05) is 57.1 Å². The minimum Gasteiger partial charge on any atom is -0.353 e. The van der Waals surface area contributed by atoms with Crippen molar-refractivity contribution in [3.8, 4) is 0 Å². The molecule has 0 aromatic carbocycles. The minimum absolute atomic E-state index is 0.204. The summed E-state index contributed by atoms with van der Waals surface area (Å²) >= 11 is 0. The minimum atomic E-state index is 0.204. The van der Waals surface area contributed by atoms with E-state index in [1.165, 1.54) is 18.4 Å². The molecule has 1 aromatic heterocycles. The summed E-state index contributed by atoms with van der Waals surface area (Å²) in [7, 11) is 0. The van der Waals surface area contributed by atoms with Gasteiger partial charge in [0.05, 0.1) is 0 Å². The van der Waals surface area contributed by atoms with Gasteiger partial charge in [-0.3, -0.25) is 14.7 Å². The summed E-state index contributed by atoms with van der Waals surface area (Å²) < 4.78 is 0. The Hall–Kier alpha value is -1.46. The lowest BCUT2D eigenvalue weighted by atomic mass is 10.1. The van der Waals surface area contributed by atoms with E-state index in [0.29, 0.717) is 18.5 Å². The summed E-state index contributed by atoms with van der Waals surface area (Å²) in [6.07, 6.45) is 9.14. The SMILES string of the molecule is O=C(CCN1CCNCC1c1cccnc1)NC1CCCC1. The van der Waals surface area contributed by atoms with E-state index >= 15 is 0 Å². The second kappa shape index (κ2) is 7.70. The lowest BCUT2D eigenvalue weighted by molar-refractivity contribution is -0.122. The molecule has 1 aromatic rings. The van der Waals surface area contributed by atoms with Crippen molar-refractivity contribution in [1.82, 2.24) is 20.5 Å². The van der Waals surface area contributed by atoms with Crippen LogP contribution in [0.15, 0.2) is 24.5 Å². The molecule has 5 heteroatoms. The van der Waals surface area contributed by atoms with E-state index < -0.39 is 0 Å². The molecule has 2 aliphatic rings. The zero-order chi connectivity index (χ0) is 15.2. The van der Waals surface area contributed by atoms with Crippen LogP contribution in [0.25, 0.3) is 0 Å². The van der Waals surface area contributed by atoms with Crippen LogP contribution in [0.3, 0.4) is 0 Å². The molecule has 2 fully saturated rings. The van der Waals surface area contributed by atoms with Gasteiger partial charge in [-0.1, -0.05) is 18.9 Å². The molecule has 1 atom stereocenters. The standard InChI is InChI=1S/C17H26N4O/c22-17(20-15-5-1-2-6-15)7-10-21-11-9-19-13-16(21)14-4-3-8-18-12-14/h3-4,8,12,15-16,19H,1-2,5-7,9-11,13H2,(H,20,22). The first-order valence-electron chi connectivity index (χ1n) is 8.47. The zero-order valence-electron chi connectivity index (χ0n) is 13.1. The zero-order valence-corrected chi connectivity index (χ0v) is 13.1. The second-order valence-corrected chi connectivity index (χ2v) is 6.34. The summed E-state index contributed by atoms with van der Waals surface area (Å²) in [6, 6.07) is 4.84. The first kappa shape index (κ1) is 15.4. The smallest absolute Gasteiger partial charge is 0.221 e. The highest BCUT2D eigenvalue weighted by Crippen LogP contribution is 2.21. The summed E-state index contributed by atoms with van der Waals surface area (Å²) in [4.78, 5) is 18.7. The van der Waals surface area contributed by atoms with Crippen LogP contribution in [-0.2, 0) is 4.79 Å². The van der Waals surface area contributed by atoms with E-state index in [4.69, 9.17) is 0 Å². The van der Waals surface area contributed by atoms with E-state index in [1.54, 1.807) is 6.20 Å². The number of nitrogens with zero attached hydrogens (tertiary/aromatic N) is 2. The van der Waals surface area contributed by atoms with Gasteiger partial charge in [-0.05, 0) is 24.5 Å². The number of rotatable bonds is 5. The van der Waals surface area contributed by atoms with Crippen LogP contribution in [0.2, 0.25) is 0 Å². The van der Waals surface area contributed by atoms with Crippen molar-refractivity contribution in [3.63, 3.8) is 0 Å². The Bertz CT molecular complexity index is 473. The third-order valence-electron chi connectivity index (χ3n) is 4.77. The first-order chi connectivity index (χ1) is 10.8. The maximum Gasteiger partial charge on any atom is 0.221 e. The van der Waals surface area contributed by atoms with Gasteiger partial charge in [0.2, 0.25) is 5.91 Å². The van der Waals surface area contributed by atoms with Crippen molar-refractivity contribution in [2.24, 2.45) is 0 Å². The number of amides is 1. The number of hydrogen-bond acceptors (Lipinski definition) is 4. The fraction of sp³-hybridized carbons (Fsp3) is 0.647. The maximum absolute atomic E-state index is 12.1. The average molecular weight is 302 g/mol. The number of aromatic nitrogens is 1. The summed E-state index contributed by atoms with van der Waals surface area (Å²) in [6.45, 7) is 3.72. The van der Waals surface area contributed by atoms with E-state index in [0.717, 1.165) is 39.0 Å². The molecule has 0 radical (unpaired) electrons. The number of piperazine rings is 1. The summed E-state index contributed by atoms with van der Waals surface area (Å²) in [5.41, 5.74) is 1.23. The van der Waals surface area contributed by atoms with Gasteiger partial charge in [0.1, 0.15) is 0 Å². The molecule has 2 heterocycles. The molecule has 1 unspecified atom stereocenters. The van der Waals surface area contributed by atoms with Gasteiger partial charge in [-0.2, -0.15) is 0 Å². The molecule has 2 N–H and O–H groups in total. The molecule has 1 saturated carbocycles. The molecule has 120 valence electrons. The maximum atomic E-state index is 12.1. The third-order valence-corrected chi connectivity index (χ3v) is 4.77. The number of carbonyl (C=O) groups excluding carboxylic acids is 1. The monoisotopic (exact) mass is 302 g/mol. The predicted molar refractivity (Wildman–Crippen MR) is 86.4 cm³/mol. The van der Waals surface area contributed by atoms with E-state index in [2.05, 4.69) is 26.6 Å². The Labute approximate surface area is 132 Å². The van der Waals surface area contributed by atoms with Crippen molar-refractivity contribution in [3.05, 3.63) is 30.1 Å². The van der Waals surface area contributed by atoms with E-state index in [9.17, 15) is 4.79 Å². The Morgan fingerprint density at radius 3 is 3.05 bits per heavy atom. The van der Waals surface area contributed by atoms with Crippen molar-refractivity contribution < 1.29 is 4.79 Å². The molecule has 1 aliphatic carbocycles.